The topological polar surface area (TPSA) is 12.0 Å². The number of nitrogens with one attached hydrogen (secondary N) is 1. The number of halogens is 3. The van der Waals surface area contributed by atoms with Crippen molar-refractivity contribution >= 4 is 0 Å². The lowest BCUT2D eigenvalue weighted by Crippen LogP contribution is -2.22. The molecule has 1 aliphatic rings. The zero-order valence-corrected chi connectivity index (χ0v) is 9.72. The maximum Gasteiger partial charge on any atom is 0.416 e. The first-order chi connectivity index (χ1) is 7.97. The predicted octanol–water partition coefficient (Wildman–Crippen LogP) is 3.56. The Morgan fingerprint density at radius 1 is 1.24 bits per heavy atom. The van der Waals surface area contributed by atoms with E-state index in [2.05, 4.69) is 5.32 Å². The number of hydrogen-bond acceptors (Lipinski definition) is 1. The quantitative estimate of drug-likeness (QED) is 0.852. The zero-order chi connectivity index (χ0) is 12.5. The van der Waals surface area contributed by atoms with Crippen molar-refractivity contribution in [3.63, 3.8) is 0 Å². The summed E-state index contributed by atoms with van der Waals surface area (Å²) in [4.78, 5) is 0. The van der Waals surface area contributed by atoms with Gasteiger partial charge in [-0.15, -0.1) is 0 Å². The van der Waals surface area contributed by atoms with E-state index in [1.165, 1.54) is 12.8 Å². The first-order valence-corrected chi connectivity index (χ1v) is 5.87. The van der Waals surface area contributed by atoms with Gasteiger partial charge in [0, 0.05) is 12.6 Å². The van der Waals surface area contributed by atoms with Gasteiger partial charge in [0.25, 0.3) is 0 Å². The monoisotopic (exact) mass is 243 g/mol. The van der Waals surface area contributed by atoms with Crippen molar-refractivity contribution in [3.8, 4) is 0 Å². The van der Waals surface area contributed by atoms with E-state index in [4.69, 9.17) is 0 Å². The average molecular weight is 243 g/mol. The molecule has 1 unspecified atom stereocenters. The number of hydrogen-bond donors (Lipinski definition) is 1. The molecule has 1 nitrogen and oxygen atoms in total. The Morgan fingerprint density at radius 3 is 2.29 bits per heavy atom. The van der Waals surface area contributed by atoms with Crippen LogP contribution < -0.4 is 5.32 Å². The molecule has 0 heterocycles. The third-order valence-corrected chi connectivity index (χ3v) is 3.10. The molecule has 1 aromatic carbocycles. The lowest BCUT2D eigenvalue weighted by Gasteiger charge is -2.14. The van der Waals surface area contributed by atoms with E-state index in [1.807, 2.05) is 6.92 Å². The Labute approximate surface area is 99.0 Å². The van der Waals surface area contributed by atoms with Crippen LogP contribution in [0.4, 0.5) is 13.2 Å². The summed E-state index contributed by atoms with van der Waals surface area (Å²) < 4.78 is 37.1. The largest absolute Gasteiger partial charge is 0.416 e. The van der Waals surface area contributed by atoms with Crippen LogP contribution in [-0.4, -0.2) is 12.6 Å². The third kappa shape index (κ3) is 3.46. The van der Waals surface area contributed by atoms with Gasteiger partial charge in [-0.1, -0.05) is 19.1 Å². The summed E-state index contributed by atoms with van der Waals surface area (Å²) in [6, 6.07) is 6.09. The smallest absolute Gasteiger partial charge is 0.313 e. The van der Waals surface area contributed by atoms with Crippen LogP contribution in [0.3, 0.4) is 0 Å². The molecule has 1 N–H and O–H groups in total. The standard InChI is InChI=1S/C13H16F3N/c1-9(8-17-12-6-7-12)10-2-4-11(5-3-10)13(14,15)16/h2-5,9,12,17H,6-8H2,1H3. The van der Waals surface area contributed by atoms with Crippen molar-refractivity contribution in [2.45, 2.75) is 37.9 Å². The fourth-order valence-electron chi connectivity index (χ4n) is 1.75. The Bertz CT molecular complexity index is 365. The van der Waals surface area contributed by atoms with E-state index >= 15 is 0 Å². The molecular weight excluding hydrogens is 227 g/mol. The molecule has 1 atom stereocenters. The summed E-state index contributed by atoms with van der Waals surface area (Å²) in [6.07, 6.45) is -1.80. The van der Waals surface area contributed by atoms with E-state index in [9.17, 15) is 13.2 Å². The first kappa shape index (κ1) is 12.4. The molecular formula is C13H16F3N. The van der Waals surface area contributed by atoms with E-state index < -0.39 is 11.7 Å². The molecule has 1 fully saturated rings. The van der Waals surface area contributed by atoms with Gasteiger partial charge in [-0.25, -0.2) is 0 Å². The van der Waals surface area contributed by atoms with Gasteiger partial charge in [0.15, 0.2) is 0 Å². The highest BCUT2D eigenvalue weighted by Gasteiger charge is 2.30. The van der Waals surface area contributed by atoms with Crippen LogP contribution in [0.25, 0.3) is 0 Å². The second-order valence-electron chi connectivity index (χ2n) is 4.70. The van der Waals surface area contributed by atoms with Gasteiger partial charge >= 0.3 is 6.18 Å². The predicted molar refractivity (Wildman–Crippen MR) is 60.9 cm³/mol. The molecule has 0 amide bonds. The molecule has 1 saturated carbocycles. The van der Waals surface area contributed by atoms with Crippen LogP contribution in [0.15, 0.2) is 24.3 Å². The summed E-state index contributed by atoms with van der Waals surface area (Å²) in [6.45, 7) is 2.86. The van der Waals surface area contributed by atoms with Crippen LogP contribution in [0.2, 0.25) is 0 Å². The van der Waals surface area contributed by atoms with Gasteiger partial charge < -0.3 is 5.32 Å². The van der Waals surface area contributed by atoms with Crippen molar-refractivity contribution in [1.29, 1.82) is 0 Å². The molecule has 4 heteroatoms. The molecule has 1 aliphatic carbocycles. The molecule has 0 radical (unpaired) electrons. The number of benzene rings is 1. The van der Waals surface area contributed by atoms with Crippen LogP contribution in [-0.2, 0) is 6.18 Å². The Balaban J connectivity index is 1.96. The van der Waals surface area contributed by atoms with Gasteiger partial charge in [0.2, 0.25) is 0 Å². The van der Waals surface area contributed by atoms with Crippen LogP contribution in [0.1, 0.15) is 36.8 Å². The molecule has 0 aliphatic heterocycles. The van der Waals surface area contributed by atoms with Crippen molar-refractivity contribution < 1.29 is 13.2 Å². The van der Waals surface area contributed by atoms with E-state index in [0.29, 0.717) is 6.04 Å². The minimum Gasteiger partial charge on any atom is -0.313 e. The summed E-state index contributed by atoms with van der Waals surface area (Å²) in [5, 5.41) is 3.38. The summed E-state index contributed by atoms with van der Waals surface area (Å²) >= 11 is 0. The fourth-order valence-corrected chi connectivity index (χ4v) is 1.75. The van der Waals surface area contributed by atoms with Crippen molar-refractivity contribution in [3.05, 3.63) is 35.4 Å². The van der Waals surface area contributed by atoms with Crippen molar-refractivity contribution in [2.75, 3.05) is 6.54 Å². The molecule has 1 aromatic rings. The minimum atomic E-state index is -4.24. The van der Waals surface area contributed by atoms with Crippen molar-refractivity contribution in [1.82, 2.24) is 5.32 Å². The van der Waals surface area contributed by atoms with Gasteiger partial charge in [-0.05, 0) is 36.5 Å². The van der Waals surface area contributed by atoms with Crippen LogP contribution >= 0.6 is 0 Å². The maximum atomic E-state index is 12.4. The van der Waals surface area contributed by atoms with Crippen LogP contribution in [0.5, 0.6) is 0 Å². The van der Waals surface area contributed by atoms with Crippen LogP contribution in [0, 0.1) is 0 Å². The number of alkyl halides is 3. The minimum absolute atomic E-state index is 0.248. The normalized spacial score (nSPS) is 18.1. The molecule has 0 spiro atoms. The summed E-state index contributed by atoms with van der Waals surface area (Å²) in [5.41, 5.74) is 0.370. The molecule has 0 saturated heterocycles. The first-order valence-electron chi connectivity index (χ1n) is 5.87. The van der Waals surface area contributed by atoms with Gasteiger partial charge in [-0.3, -0.25) is 0 Å². The SMILES string of the molecule is CC(CNC1CC1)c1ccc(C(F)(F)F)cc1. The highest BCUT2D eigenvalue weighted by molar-refractivity contribution is 5.27. The molecule has 94 valence electrons. The van der Waals surface area contributed by atoms with Gasteiger partial charge in [0.1, 0.15) is 0 Å². The molecule has 0 aromatic heterocycles. The second-order valence-corrected chi connectivity index (χ2v) is 4.70. The maximum absolute atomic E-state index is 12.4. The van der Waals surface area contributed by atoms with E-state index in [-0.39, 0.29) is 5.92 Å². The summed E-state index contributed by atoms with van der Waals surface area (Å²) in [5.74, 6) is 0.248. The average Bonchev–Trinajstić information content (AvgIpc) is 3.09. The van der Waals surface area contributed by atoms with E-state index in [1.54, 1.807) is 12.1 Å². The van der Waals surface area contributed by atoms with Crippen molar-refractivity contribution in [2.24, 2.45) is 0 Å². The zero-order valence-electron chi connectivity index (χ0n) is 9.72. The second kappa shape index (κ2) is 4.69. The lowest BCUT2D eigenvalue weighted by molar-refractivity contribution is -0.137. The molecule has 0 bridgehead atoms. The highest BCUT2D eigenvalue weighted by Crippen LogP contribution is 2.30. The molecule has 2 rings (SSSR count). The Morgan fingerprint density at radius 2 is 1.82 bits per heavy atom. The number of rotatable bonds is 4. The Kier molecular flexibility index (Phi) is 3.43. The third-order valence-electron chi connectivity index (χ3n) is 3.10. The lowest BCUT2D eigenvalue weighted by atomic mass is 9.99. The highest BCUT2D eigenvalue weighted by atomic mass is 19.4. The Hall–Kier alpha value is -1.03. The summed E-state index contributed by atoms with van der Waals surface area (Å²) in [7, 11) is 0. The van der Waals surface area contributed by atoms with Gasteiger partial charge in [-0.2, -0.15) is 13.2 Å². The van der Waals surface area contributed by atoms with Gasteiger partial charge in [0.05, 0.1) is 5.56 Å². The van der Waals surface area contributed by atoms with E-state index in [0.717, 1.165) is 24.2 Å². The molecule has 17 heavy (non-hydrogen) atoms. The fraction of sp³-hybridized carbons (Fsp3) is 0.538.